The van der Waals surface area contributed by atoms with Gasteiger partial charge in [-0.05, 0) is 12.5 Å². The molecule has 0 aromatic heterocycles. The van der Waals surface area contributed by atoms with Crippen molar-refractivity contribution in [2.45, 2.75) is 19.1 Å². The van der Waals surface area contributed by atoms with E-state index in [1.807, 2.05) is 0 Å². The molecule has 0 saturated carbocycles. The molecule has 0 radical (unpaired) electrons. The molecule has 1 atom stereocenters. The van der Waals surface area contributed by atoms with Gasteiger partial charge in [-0.15, -0.1) is 0 Å². The van der Waals surface area contributed by atoms with Crippen molar-refractivity contribution in [1.82, 2.24) is 0 Å². The average Bonchev–Trinajstić information content (AvgIpc) is 2.29. The fraction of sp³-hybridized carbons (Fsp3) is 0.417. The van der Waals surface area contributed by atoms with Crippen molar-refractivity contribution in [1.29, 1.82) is 0 Å². The van der Waals surface area contributed by atoms with Crippen molar-refractivity contribution in [3.63, 3.8) is 0 Å². The van der Waals surface area contributed by atoms with E-state index in [-0.39, 0.29) is 12.8 Å². The van der Waals surface area contributed by atoms with Gasteiger partial charge in [-0.25, -0.2) is 0 Å². The Morgan fingerprint density at radius 3 is 2.47 bits per heavy atom. The lowest BCUT2D eigenvalue weighted by atomic mass is 10.1. The monoisotopic (exact) mass is 245 g/mol. The molecule has 0 bridgehead atoms. The minimum Gasteiger partial charge on any atom is -0.379 e. The molecule has 1 aromatic carbocycles. The van der Waals surface area contributed by atoms with Crippen molar-refractivity contribution >= 4 is 6.21 Å². The highest BCUT2D eigenvalue weighted by molar-refractivity contribution is 5.64. The predicted octanol–water partition coefficient (Wildman–Crippen LogP) is 3.40. The quantitative estimate of drug-likeness (QED) is 0.728. The number of hydrogen-bond donors (Lipinski definition) is 0. The lowest BCUT2D eigenvalue weighted by Crippen LogP contribution is -2.12. The Morgan fingerprint density at radius 2 is 1.94 bits per heavy atom. The van der Waals surface area contributed by atoms with E-state index in [0.717, 1.165) is 0 Å². The van der Waals surface area contributed by atoms with Crippen LogP contribution in [0.5, 0.6) is 0 Å². The molecule has 0 aliphatic rings. The Labute approximate surface area is 98.1 Å². The lowest BCUT2D eigenvalue weighted by molar-refractivity contribution is -0.0540. The van der Waals surface area contributed by atoms with Gasteiger partial charge >= 0.3 is 6.18 Å². The zero-order chi connectivity index (χ0) is 12.7. The molecule has 0 saturated heterocycles. The minimum atomic E-state index is -4.39. The van der Waals surface area contributed by atoms with Gasteiger partial charge in [-0.1, -0.05) is 30.3 Å². The highest BCUT2D eigenvalue weighted by Crippen LogP contribution is 2.19. The van der Waals surface area contributed by atoms with Crippen LogP contribution >= 0.6 is 0 Å². The van der Waals surface area contributed by atoms with Crippen LogP contribution in [0.25, 0.3) is 0 Å². The van der Waals surface area contributed by atoms with Crippen molar-refractivity contribution in [2.24, 2.45) is 4.99 Å². The van der Waals surface area contributed by atoms with Gasteiger partial charge in [-0.3, -0.25) is 4.99 Å². The molecule has 5 heteroatoms. The Hall–Kier alpha value is -1.36. The van der Waals surface area contributed by atoms with Gasteiger partial charge in [0.15, 0.2) is 0 Å². The van der Waals surface area contributed by atoms with Gasteiger partial charge in [0, 0.05) is 6.61 Å². The summed E-state index contributed by atoms with van der Waals surface area (Å²) in [6, 6.07) is 8.18. The van der Waals surface area contributed by atoms with Crippen molar-refractivity contribution in [3.8, 4) is 0 Å². The molecule has 0 amide bonds. The summed E-state index contributed by atoms with van der Waals surface area (Å²) in [5.41, 5.74) is 0.710. The number of nitrogens with zero attached hydrogens (tertiary/aromatic N) is 1. The third-order valence-corrected chi connectivity index (χ3v) is 2.07. The van der Waals surface area contributed by atoms with E-state index in [0.29, 0.717) is 12.2 Å². The fourth-order valence-electron chi connectivity index (χ4n) is 1.30. The molecule has 1 aromatic rings. The topological polar surface area (TPSA) is 21.6 Å². The van der Waals surface area contributed by atoms with Crippen LogP contribution in [0, 0.1) is 0 Å². The second kappa shape index (κ2) is 6.39. The third kappa shape index (κ3) is 5.49. The SMILES string of the molecule is CCOC[C@@H](N=CC(F)(F)F)c1ccccc1. The van der Waals surface area contributed by atoms with Crippen molar-refractivity contribution < 1.29 is 17.9 Å². The van der Waals surface area contributed by atoms with Gasteiger partial charge in [0.05, 0.1) is 12.6 Å². The standard InChI is InChI=1S/C12H14F3NO/c1-2-17-8-11(16-9-12(13,14)15)10-6-4-3-5-7-10/h3-7,9,11H,2,8H2,1H3/t11-/m1/s1. The van der Waals surface area contributed by atoms with E-state index in [1.165, 1.54) is 0 Å². The largest absolute Gasteiger partial charge is 0.426 e. The predicted molar refractivity (Wildman–Crippen MR) is 60.2 cm³/mol. The second-order valence-corrected chi connectivity index (χ2v) is 3.41. The number of aliphatic imine (C=N–C) groups is 1. The van der Waals surface area contributed by atoms with E-state index in [2.05, 4.69) is 4.99 Å². The van der Waals surface area contributed by atoms with Crippen LogP contribution < -0.4 is 0 Å². The molecule has 0 N–H and O–H groups in total. The summed E-state index contributed by atoms with van der Waals surface area (Å²) in [7, 11) is 0. The normalized spacial score (nSPS) is 14.1. The maximum absolute atomic E-state index is 12.1. The van der Waals surface area contributed by atoms with Crippen molar-refractivity contribution in [2.75, 3.05) is 13.2 Å². The van der Waals surface area contributed by atoms with Gasteiger partial charge < -0.3 is 4.74 Å². The van der Waals surface area contributed by atoms with E-state index in [9.17, 15) is 13.2 Å². The first kappa shape index (κ1) is 13.7. The summed E-state index contributed by atoms with van der Waals surface area (Å²) < 4.78 is 41.3. The van der Waals surface area contributed by atoms with Crippen LogP contribution in [0.3, 0.4) is 0 Å². The Morgan fingerprint density at radius 1 is 1.29 bits per heavy atom. The Balaban J connectivity index is 2.78. The van der Waals surface area contributed by atoms with Gasteiger partial charge in [0.1, 0.15) is 6.21 Å². The Kier molecular flexibility index (Phi) is 5.15. The third-order valence-electron chi connectivity index (χ3n) is 2.07. The van der Waals surface area contributed by atoms with Crippen LogP contribution in [0.1, 0.15) is 18.5 Å². The molecule has 94 valence electrons. The molecule has 0 fully saturated rings. The van der Waals surface area contributed by atoms with Gasteiger partial charge in [-0.2, -0.15) is 13.2 Å². The molecule has 0 aliphatic heterocycles. The van der Waals surface area contributed by atoms with Crippen LogP contribution in [0.15, 0.2) is 35.3 Å². The molecule has 2 nitrogen and oxygen atoms in total. The van der Waals surface area contributed by atoms with Crippen LogP contribution in [0.2, 0.25) is 0 Å². The first-order valence-corrected chi connectivity index (χ1v) is 5.26. The number of alkyl halides is 3. The first-order chi connectivity index (χ1) is 8.03. The zero-order valence-electron chi connectivity index (χ0n) is 9.45. The van der Waals surface area contributed by atoms with Crippen LogP contribution in [0.4, 0.5) is 13.2 Å². The molecule has 1 rings (SSSR count). The van der Waals surface area contributed by atoms with Gasteiger partial charge in [0.25, 0.3) is 0 Å². The summed E-state index contributed by atoms with van der Waals surface area (Å²) in [5.74, 6) is 0. The molecule has 0 spiro atoms. The number of halogens is 3. The highest BCUT2D eigenvalue weighted by Gasteiger charge is 2.24. The smallest absolute Gasteiger partial charge is 0.379 e. The number of hydrogen-bond acceptors (Lipinski definition) is 2. The summed E-state index contributed by atoms with van der Waals surface area (Å²) in [6.45, 7) is 2.38. The van der Waals surface area contributed by atoms with Crippen LogP contribution in [-0.4, -0.2) is 25.6 Å². The summed E-state index contributed by atoms with van der Waals surface area (Å²) in [5, 5.41) is 0. The van der Waals surface area contributed by atoms with Gasteiger partial charge in [0.2, 0.25) is 0 Å². The minimum absolute atomic E-state index is 0.0175. The number of ether oxygens (including phenoxy) is 1. The van der Waals surface area contributed by atoms with E-state index >= 15 is 0 Å². The average molecular weight is 245 g/mol. The molecule has 0 unspecified atom stereocenters. The van der Waals surface area contributed by atoms with E-state index in [1.54, 1.807) is 37.3 Å². The summed E-state index contributed by atoms with van der Waals surface area (Å²) in [4.78, 5) is 3.53. The molecule has 0 aliphatic carbocycles. The summed E-state index contributed by atoms with van der Waals surface area (Å²) >= 11 is 0. The number of benzene rings is 1. The second-order valence-electron chi connectivity index (χ2n) is 3.41. The maximum atomic E-state index is 12.1. The molecule has 0 heterocycles. The Bertz CT molecular complexity index is 349. The van der Waals surface area contributed by atoms with Crippen molar-refractivity contribution in [3.05, 3.63) is 35.9 Å². The number of rotatable bonds is 5. The van der Waals surface area contributed by atoms with E-state index in [4.69, 9.17) is 4.74 Å². The maximum Gasteiger partial charge on any atom is 0.426 e. The lowest BCUT2D eigenvalue weighted by Gasteiger charge is -2.13. The first-order valence-electron chi connectivity index (χ1n) is 5.26. The van der Waals surface area contributed by atoms with Crippen LogP contribution in [-0.2, 0) is 4.74 Å². The highest BCUT2D eigenvalue weighted by atomic mass is 19.4. The molecular formula is C12H14F3NO. The van der Waals surface area contributed by atoms with E-state index < -0.39 is 12.2 Å². The fourth-order valence-corrected chi connectivity index (χ4v) is 1.30. The molecular weight excluding hydrogens is 231 g/mol. The summed E-state index contributed by atoms with van der Waals surface area (Å²) in [6.07, 6.45) is -4.37. The molecule has 17 heavy (non-hydrogen) atoms. The zero-order valence-corrected chi connectivity index (χ0v) is 9.45.